The van der Waals surface area contributed by atoms with Gasteiger partial charge >= 0.3 is 0 Å². The Morgan fingerprint density at radius 1 is 1.43 bits per heavy atom. The number of hydrogen-bond donors (Lipinski definition) is 1. The molecule has 1 N–H and O–H groups in total. The second kappa shape index (κ2) is 5.02. The van der Waals surface area contributed by atoms with Crippen LogP contribution in [0.1, 0.15) is 11.7 Å². The van der Waals surface area contributed by atoms with Crippen LogP contribution in [0.4, 0.5) is 8.78 Å². The van der Waals surface area contributed by atoms with Gasteiger partial charge in [0.15, 0.2) is 0 Å². The average Bonchev–Trinajstić information content (AvgIpc) is 2.18. The third-order valence-corrected chi connectivity index (χ3v) is 1.98. The van der Waals surface area contributed by atoms with Crippen molar-refractivity contribution >= 4 is 0 Å². The highest BCUT2D eigenvalue weighted by atomic mass is 19.1. The Morgan fingerprint density at radius 3 is 2.71 bits per heavy atom. The fraction of sp³-hybridized carbons (Fsp3) is 0.400. The monoisotopic (exact) mass is 201 g/mol. The molecule has 0 saturated heterocycles. The Kier molecular flexibility index (Phi) is 3.98. The van der Waals surface area contributed by atoms with Crippen molar-refractivity contribution in [1.82, 2.24) is 5.32 Å². The van der Waals surface area contributed by atoms with Gasteiger partial charge in [-0.2, -0.15) is 0 Å². The molecule has 2 nitrogen and oxygen atoms in total. The van der Waals surface area contributed by atoms with E-state index in [4.69, 9.17) is 4.74 Å². The van der Waals surface area contributed by atoms with Crippen molar-refractivity contribution < 1.29 is 13.5 Å². The molecular weight excluding hydrogens is 188 g/mol. The summed E-state index contributed by atoms with van der Waals surface area (Å²) in [6, 6.07) is 3.35. The SMILES string of the molecule is CNC[C@H](OC)c1cc(F)ccc1F. The molecule has 0 aromatic heterocycles. The molecule has 0 aliphatic heterocycles. The molecule has 78 valence electrons. The third kappa shape index (κ3) is 2.49. The van der Waals surface area contributed by atoms with Gasteiger partial charge in [-0.05, 0) is 25.2 Å². The van der Waals surface area contributed by atoms with Crippen LogP contribution in [-0.2, 0) is 4.74 Å². The first-order chi connectivity index (χ1) is 6.69. The van der Waals surface area contributed by atoms with Crippen LogP contribution in [0.2, 0.25) is 0 Å². The standard InChI is InChI=1S/C10H13F2NO/c1-13-6-10(14-2)8-5-7(11)3-4-9(8)12/h3-5,10,13H,6H2,1-2H3/t10-/m0/s1. The van der Waals surface area contributed by atoms with Gasteiger partial charge in [0.25, 0.3) is 0 Å². The van der Waals surface area contributed by atoms with Gasteiger partial charge in [0.2, 0.25) is 0 Å². The first-order valence-electron chi connectivity index (χ1n) is 4.31. The fourth-order valence-electron chi connectivity index (χ4n) is 1.27. The van der Waals surface area contributed by atoms with Gasteiger partial charge < -0.3 is 10.1 Å². The summed E-state index contributed by atoms with van der Waals surface area (Å²) in [5.74, 6) is -0.909. The van der Waals surface area contributed by atoms with Crippen molar-refractivity contribution in [3.63, 3.8) is 0 Å². The topological polar surface area (TPSA) is 21.3 Å². The minimum atomic E-state index is -0.462. The smallest absolute Gasteiger partial charge is 0.129 e. The van der Waals surface area contributed by atoms with Crippen molar-refractivity contribution in [3.05, 3.63) is 35.4 Å². The van der Waals surface area contributed by atoms with E-state index in [9.17, 15) is 8.78 Å². The Hall–Kier alpha value is -1.00. The molecule has 0 amide bonds. The number of ether oxygens (including phenoxy) is 1. The molecule has 4 heteroatoms. The van der Waals surface area contributed by atoms with E-state index < -0.39 is 17.7 Å². The molecular formula is C10H13F2NO. The normalized spacial score (nSPS) is 12.9. The molecule has 0 bridgehead atoms. The van der Waals surface area contributed by atoms with E-state index in [0.29, 0.717) is 6.54 Å². The second-order valence-corrected chi connectivity index (χ2v) is 2.95. The minimum Gasteiger partial charge on any atom is -0.375 e. The maximum Gasteiger partial charge on any atom is 0.129 e. The zero-order chi connectivity index (χ0) is 10.6. The molecule has 0 radical (unpaired) electrons. The highest BCUT2D eigenvalue weighted by molar-refractivity contribution is 5.21. The summed E-state index contributed by atoms with van der Waals surface area (Å²) in [6.45, 7) is 0.441. The Morgan fingerprint density at radius 2 is 2.14 bits per heavy atom. The molecule has 1 rings (SSSR count). The van der Waals surface area contributed by atoms with Crippen molar-refractivity contribution in [2.75, 3.05) is 20.7 Å². The highest BCUT2D eigenvalue weighted by Crippen LogP contribution is 2.20. The Balaban J connectivity index is 2.96. The van der Waals surface area contributed by atoms with E-state index >= 15 is 0 Å². The highest BCUT2D eigenvalue weighted by Gasteiger charge is 2.14. The average molecular weight is 201 g/mol. The van der Waals surface area contributed by atoms with Gasteiger partial charge in [0, 0.05) is 19.2 Å². The number of rotatable bonds is 4. The lowest BCUT2D eigenvalue weighted by atomic mass is 10.1. The summed E-state index contributed by atoms with van der Waals surface area (Å²) >= 11 is 0. The van der Waals surface area contributed by atoms with Crippen LogP contribution in [0, 0.1) is 11.6 Å². The van der Waals surface area contributed by atoms with Crippen molar-refractivity contribution in [2.24, 2.45) is 0 Å². The minimum absolute atomic E-state index is 0.238. The van der Waals surface area contributed by atoms with Crippen LogP contribution >= 0.6 is 0 Å². The lowest BCUT2D eigenvalue weighted by Crippen LogP contribution is -2.19. The van der Waals surface area contributed by atoms with Crippen molar-refractivity contribution in [2.45, 2.75) is 6.10 Å². The molecule has 0 aliphatic carbocycles. The van der Waals surface area contributed by atoms with Gasteiger partial charge in [0.1, 0.15) is 11.6 Å². The van der Waals surface area contributed by atoms with Crippen molar-refractivity contribution in [1.29, 1.82) is 0 Å². The van der Waals surface area contributed by atoms with Crippen LogP contribution in [-0.4, -0.2) is 20.7 Å². The Bertz CT molecular complexity index is 304. The van der Waals surface area contributed by atoms with E-state index in [-0.39, 0.29) is 5.56 Å². The molecule has 0 heterocycles. The van der Waals surface area contributed by atoms with E-state index in [1.54, 1.807) is 7.05 Å². The zero-order valence-corrected chi connectivity index (χ0v) is 8.18. The quantitative estimate of drug-likeness (QED) is 0.803. The van der Waals surface area contributed by atoms with Crippen LogP contribution in [0.15, 0.2) is 18.2 Å². The van der Waals surface area contributed by atoms with Crippen LogP contribution in [0.25, 0.3) is 0 Å². The number of hydrogen-bond acceptors (Lipinski definition) is 2. The number of methoxy groups -OCH3 is 1. The van der Waals surface area contributed by atoms with Crippen LogP contribution < -0.4 is 5.32 Å². The first-order valence-corrected chi connectivity index (χ1v) is 4.31. The maximum atomic E-state index is 13.3. The summed E-state index contributed by atoms with van der Waals surface area (Å²) in [5.41, 5.74) is 0.238. The maximum absolute atomic E-state index is 13.3. The van der Waals surface area contributed by atoms with Gasteiger partial charge in [-0.15, -0.1) is 0 Å². The molecule has 1 aromatic carbocycles. The van der Waals surface area contributed by atoms with Gasteiger partial charge in [-0.3, -0.25) is 0 Å². The number of benzene rings is 1. The van der Waals surface area contributed by atoms with Gasteiger partial charge in [0.05, 0.1) is 6.10 Å². The predicted molar refractivity (Wildman–Crippen MR) is 50.0 cm³/mol. The lowest BCUT2D eigenvalue weighted by Gasteiger charge is -2.15. The van der Waals surface area contributed by atoms with Crippen molar-refractivity contribution in [3.8, 4) is 0 Å². The summed E-state index contributed by atoms with van der Waals surface area (Å²) in [7, 11) is 3.19. The van der Waals surface area contributed by atoms with E-state index in [2.05, 4.69) is 5.32 Å². The number of likely N-dealkylation sites (N-methyl/N-ethyl adjacent to an activating group) is 1. The summed E-state index contributed by atoms with van der Waals surface area (Å²) in [5, 5.41) is 2.85. The van der Waals surface area contributed by atoms with Crippen LogP contribution in [0.5, 0.6) is 0 Å². The molecule has 1 aromatic rings. The predicted octanol–water partition coefficient (Wildman–Crippen LogP) is 1.87. The Labute approximate surface area is 81.9 Å². The molecule has 0 unspecified atom stereocenters. The largest absolute Gasteiger partial charge is 0.375 e. The van der Waals surface area contributed by atoms with E-state index in [1.165, 1.54) is 7.11 Å². The lowest BCUT2D eigenvalue weighted by molar-refractivity contribution is 0.101. The molecule has 0 aliphatic rings. The number of nitrogens with one attached hydrogen (secondary N) is 1. The molecule has 0 saturated carbocycles. The van der Waals surface area contributed by atoms with E-state index in [0.717, 1.165) is 18.2 Å². The molecule has 14 heavy (non-hydrogen) atoms. The summed E-state index contributed by atoms with van der Waals surface area (Å²) in [6.07, 6.45) is -0.462. The fourth-order valence-corrected chi connectivity index (χ4v) is 1.27. The molecule has 0 spiro atoms. The van der Waals surface area contributed by atoms with Gasteiger partial charge in [-0.25, -0.2) is 8.78 Å². The first kappa shape index (κ1) is 11.1. The summed E-state index contributed by atoms with van der Waals surface area (Å²) in [4.78, 5) is 0. The van der Waals surface area contributed by atoms with E-state index in [1.807, 2.05) is 0 Å². The zero-order valence-electron chi connectivity index (χ0n) is 8.18. The van der Waals surface area contributed by atoms with Crippen LogP contribution in [0.3, 0.4) is 0 Å². The molecule has 1 atom stereocenters. The molecule has 0 fully saturated rings. The third-order valence-electron chi connectivity index (χ3n) is 1.98. The second-order valence-electron chi connectivity index (χ2n) is 2.95. The summed E-state index contributed by atoms with van der Waals surface area (Å²) < 4.78 is 31.1. The van der Waals surface area contributed by atoms with Gasteiger partial charge in [-0.1, -0.05) is 0 Å². The number of halogens is 2.